The van der Waals surface area contributed by atoms with E-state index in [4.69, 9.17) is 0 Å². The number of hydrogen-bond donors (Lipinski definition) is 3. The Hall–Kier alpha value is -3.89. The molecule has 4 aromatic rings. The number of nitrogens with one attached hydrogen (secondary N) is 3. The van der Waals surface area contributed by atoms with Crippen LogP contribution in [0.5, 0.6) is 0 Å². The molecule has 0 aliphatic heterocycles. The van der Waals surface area contributed by atoms with Crippen LogP contribution in [0, 0.1) is 22.9 Å². The summed E-state index contributed by atoms with van der Waals surface area (Å²) >= 11 is 0. The molecule has 0 saturated heterocycles. The van der Waals surface area contributed by atoms with E-state index in [1.165, 1.54) is 12.3 Å². The molecule has 1 aliphatic carbocycles. The minimum absolute atomic E-state index is 0.0104. The van der Waals surface area contributed by atoms with Gasteiger partial charge in [-0.2, -0.15) is 0 Å². The molecule has 0 radical (unpaired) electrons. The van der Waals surface area contributed by atoms with Crippen molar-refractivity contribution in [2.75, 3.05) is 5.32 Å². The number of imidazole rings is 1. The summed E-state index contributed by atoms with van der Waals surface area (Å²) in [6.45, 7) is 4.19. The maximum atomic E-state index is 14.7. The number of carbonyl (C=O) groups is 1. The van der Waals surface area contributed by atoms with Crippen LogP contribution in [-0.4, -0.2) is 42.5 Å². The lowest BCUT2D eigenvalue weighted by molar-refractivity contribution is 0.0892. The fourth-order valence-electron chi connectivity index (χ4n) is 5.07. The lowest BCUT2D eigenvalue weighted by Crippen LogP contribution is -2.47. The van der Waals surface area contributed by atoms with Gasteiger partial charge in [-0.05, 0) is 30.7 Å². The minimum atomic E-state index is -0.736. The summed E-state index contributed by atoms with van der Waals surface area (Å²) in [4.78, 5) is 27.9. The lowest BCUT2D eigenvalue weighted by Gasteiger charge is -2.40. The lowest BCUT2D eigenvalue weighted by atomic mass is 9.72. The Morgan fingerprint density at radius 2 is 1.92 bits per heavy atom. The van der Waals surface area contributed by atoms with Gasteiger partial charge in [-0.25, -0.2) is 28.1 Å². The second-order valence-electron chi connectivity index (χ2n) is 10.1. The molecular weight excluding hydrogens is 471 g/mol. The predicted molar refractivity (Wildman–Crippen MR) is 129 cm³/mol. The number of halogens is 3. The summed E-state index contributed by atoms with van der Waals surface area (Å²) in [5.74, 6) is -2.25. The highest BCUT2D eigenvalue weighted by Crippen LogP contribution is 2.37. The monoisotopic (exact) mass is 497 g/mol. The van der Waals surface area contributed by atoms with Crippen molar-refractivity contribution in [2.24, 2.45) is 12.5 Å². The van der Waals surface area contributed by atoms with Gasteiger partial charge < -0.3 is 20.2 Å². The van der Waals surface area contributed by atoms with Crippen LogP contribution in [0.2, 0.25) is 0 Å². The molecule has 0 unspecified atom stereocenters. The molecule has 3 N–H and O–H groups in total. The number of fused-ring (bicyclic) bond motifs is 1. The Morgan fingerprint density at radius 1 is 1.14 bits per heavy atom. The topological polar surface area (TPSA) is 101 Å². The molecule has 5 rings (SSSR count). The number of benzene rings is 1. The van der Waals surface area contributed by atoms with E-state index in [0.717, 1.165) is 25.1 Å². The number of nitrogens with zero attached hydrogens (tertiary/aromatic N) is 4. The van der Waals surface area contributed by atoms with Gasteiger partial charge in [-0.1, -0.05) is 13.8 Å². The van der Waals surface area contributed by atoms with Crippen LogP contribution in [0.3, 0.4) is 0 Å². The first kappa shape index (κ1) is 23.8. The van der Waals surface area contributed by atoms with Crippen LogP contribution >= 0.6 is 0 Å². The highest BCUT2D eigenvalue weighted by Gasteiger charge is 2.35. The molecule has 0 spiro atoms. The third-order valence-corrected chi connectivity index (χ3v) is 6.47. The summed E-state index contributed by atoms with van der Waals surface area (Å²) in [7, 11) is 1.79. The number of amides is 1. The summed E-state index contributed by atoms with van der Waals surface area (Å²) in [5.41, 5.74) is 0.685. The van der Waals surface area contributed by atoms with E-state index >= 15 is 0 Å². The Labute approximate surface area is 205 Å². The van der Waals surface area contributed by atoms with Gasteiger partial charge in [-0.3, -0.25) is 4.79 Å². The van der Waals surface area contributed by atoms with Crippen LogP contribution in [0.4, 0.5) is 19.0 Å². The zero-order valence-corrected chi connectivity index (χ0v) is 20.1. The first-order valence-electron chi connectivity index (χ1n) is 11.6. The van der Waals surface area contributed by atoms with Crippen molar-refractivity contribution in [3.05, 3.63) is 60.2 Å². The first-order valence-corrected chi connectivity index (χ1v) is 11.6. The number of rotatable bonds is 5. The number of aryl methyl sites for hydroxylation is 1. The molecule has 36 heavy (non-hydrogen) atoms. The standard InChI is InChI=1S/C25H26F3N7O/c1-25(2)7-14(6-15(8-25)33-24(36)20-11-35(3)12-31-20)32-23-19(28)10-30-22(34-23)17-9-29-21-16(17)4-13(26)5-18(21)27/h4-5,9-12,14-15,29H,6-8H2,1-3H3,(H,33,36)(H,30,32,34)/t14-,15-/m0/s1. The van der Waals surface area contributed by atoms with Gasteiger partial charge in [0.15, 0.2) is 17.5 Å². The molecule has 1 aromatic carbocycles. The smallest absolute Gasteiger partial charge is 0.271 e. The minimum Gasteiger partial charge on any atom is -0.365 e. The van der Waals surface area contributed by atoms with E-state index in [1.807, 2.05) is 0 Å². The van der Waals surface area contributed by atoms with Crippen molar-refractivity contribution in [1.82, 2.24) is 29.8 Å². The predicted octanol–water partition coefficient (Wildman–Crippen LogP) is 4.56. The number of aromatic nitrogens is 5. The van der Waals surface area contributed by atoms with Gasteiger partial charge in [0.1, 0.15) is 17.3 Å². The van der Waals surface area contributed by atoms with Crippen molar-refractivity contribution in [3.63, 3.8) is 0 Å². The molecular formula is C25H26F3N7O. The molecule has 188 valence electrons. The molecule has 8 nitrogen and oxygen atoms in total. The van der Waals surface area contributed by atoms with Crippen LogP contribution in [0.15, 0.2) is 37.1 Å². The molecule has 1 fully saturated rings. The Morgan fingerprint density at radius 3 is 2.67 bits per heavy atom. The number of hydrogen-bond acceptors (Lipinski definition) is 5. The molecule has 1 amide bonds. The number of aromatic amines is 1. The molecule has 2 atom stereocenters. The molecule has 0 bridgehead atoms. The van der Waals surface area contributed by atoms with E-state index in [1.54, 1.807) is 24.1 Å². The quantitative estimate of drug-likeness (QED) is 0.375. The SMILES string of the molecule is Cn1cnc(C(=O)N[C@H]2C[C@H](Nc3nc(-c4c[nH]c5c(F)cc(F)cc45)ncc3F)CC(C)(C)C2)c1. The molecule has 3 heterocycles. The molecule has 11 heteroatoms. The summed E-state index contributed by atoms with van der Waals surface area (Å²) < 4.78 is 44.4. The van der Waals surface area contributed by atoms with Gasteiger partial charge in [0.2, 0.25) is 0 Å². The Kier molecular flexibility index (Phi) is 5.93. The van der Waals surface area contributed by atoms with Crippen molar-refractivity contribution in [3.8, 4) is 11.4 Å². The van der Waals surface area contributed by atoms with Gasteiger partial charge in [0.05, 0.1) is 18.0 Å². The zero-order valence-electron chi connectivity index (χ0n) is 20.1. The highest BCUT2D eigenvalue weighted by atomic mass is 19.1. The van der Waals surface area contributed by atoms with Crippen LogP contribution in [-0.2, 0) is 7.05 Å². The molecule has 1 saturated carbocycles. The fourth-order valence-corrected chi connectivity index (χ4v) is 5.07. The highest BCUT2D eigenvalue weighted by molar-refractivity contribution is 5.94. The van der Waals surface area contributed by atoms with Crippen molar-refractivity contribution >= 4 is 22.6 Å². The van der Waals surface area contributed by atoms with E-state index in [9.17, 15) is 18.0 Å². The van der Waals surface area contributed by atoms with E-state index < -0.39 is 17.5 Å². The number of carbonyl (C=O) groups excluding carboxylic acids is 1. The average Bonchev–Trinajstić information content (AvgIpc) is 3.41. The molecule has 3 aromatic heterocycles. The summed E-state index contributed by atoms with van der Waals surface area (Å²) in [6.07, 6.45) is 7.77. The maximum Gasteiger partial charge on any atom is 0.271 e. The van der Waals surface area contributed by atoms with Crippen molar-refractivity contribution in [1.29, 1.82) is 0 Å². The Balaban J connectivity index is 1.38. The normalized spacial score (nSPS) is 19.4. The van der Waals surface area contributed by atoms with E-state index in [2.05, 4.69) is 44.4 Å². The fraction of sp³-hybridized carbons (Fsp3) is 0.360. The number of anilines is 1. The van der Waals surface area contributed by atoms with Crippen LogP contribution in [0.25, 0.3) is 22.3 Å². The van der Waals surface area contributed by atoms with Gasteiger partial charge in [0.25, 0.3) is 5.91 Å². The van der Waals surface area contributed by atoms with Gasteiger partial charge in [-0.15, -0.1) is 0 Å². The largest absolute Gasteiger partial charge is 0.365 e. The molecule has 1 aliphatic rings. The van der Waals surface area contributed by atoms with Crippen molar-refractivity contribution in [2.45, 2.75) is 45.2 Å². The van der Waals surface area contributed by atoms with Gasteiger partial charge >= 0.3 is 0 Å². The van der Waals surface area contributed by atoms with Crippen LogP contribution in [0.1, 0.15) is 43.6 Å². The second kappa shape index (κ2) is 8.96. The van der Waals surface area contributed by atoms with Gasteiger partial charge in [0, 0.05) is 48.5 Å². The van der Waals surface area contributed by atoms with E-state index in [-0.39, 0.29) is 46.0 Å². The number of H-pyrrole nitrogens is 1. The third-order valence-electron chi connectivity index (χ3n) is 6.47. The maximum absolute atomic E-state index is 14.7. The third kappa shape index (κ3) is 4.77. The first-order chi connectivity index (χ1) is 17.1. The van der Waals surface area contributed by atoms with E-state index in [0.29, 0.717) is 17.7 Å². The van der Waals surface area contributed by atoms with Crippen LogP contribution < -0.4 is 10.6 Å². The Bertz CT molecular complexity index is 1440. The summed E-state index contributed by atoms with van der Waals surface area (Å²) in [6, 6.07) is 1.64. The average molecular weight is 498 g/mol. The second-order valence-corrected chi connectivity index (χ2v) is 10.1. The summed E-state index contributed by atoms with van der Waals surface area (Å²) in [5, 5.41) is 6.48. The zero-order chi connectivity index (χ0) is 25.6. The van der Waals surface area contributed by atoms with Crippen molar-refractivity contribution < 1.29 is 18.0 Å².